The second kappa shape index (κ2) is 13.9. The first-order valence-electron chi connectivity index (χ1n) is 12.1. The molecule has 2 atom stereocenters. The van der Waals surface area contributed by atoms with Gasteiger partial charge in [0.2, 0.25) is 0 Å². The summed E-state index contributed by atoms with van der Waals surface area (Å²) in [6.45, 7) is 10.5. The number of ether oxygens (including phenoxy) is 1. The van der Waals surface area contributed by atoms with Crippen LogP contribution in [0.5, 0.6) is 0 Å². The number of phosphoric ester groups is 1. The molecule has 2 heterocycles. The summed E-state index contributed by atoms with van der Waals surface area (Å²) < 4.78 is 50.3. The average molecular weight is 598 g/mol. The smallest absolute Gasteiger partial charge is 0.381 e. The third-order valence-electron chi connectivity index (χ3n) is 5.10. The summed E-state index contributed by atoms with van der Waals surface area (Å²) >= 11 is 2.11. The lowest BCUT2D eigenvalue weighted by atomic mass is 9.99. The Morgan fingerprint density at radius 2 is 1.61 bits per heavy atom. The fraction of sp³-hybridized carbons (Fsp3) is 0.739. The SMILES string of the molecule is CC(C)(C)C(=O)SCCOP(=O)(OCCSC(=O)C(C)(C)C)OC[C@H]1CC[C@@H](n2cc(F)c(N)nc2=O)O1. The molecule has 1 saturated heterocycles. The number of carbonyl (C=O) groups excluding carboxylic acids is 2. The van der Waals surface area contributed by atoms with Gasteiger partial charge in [-0.3, -0.25) is 27.7 Å². The number of phosphoric acid groups is 1. The molecule has 0 amide bonds. The number of thioether (sulfide) groups is 2. The molecule has 0 aliphatic carbocycles. The zero-order valence-electron chi connectivity index (χ0n) is 22.6. The fourth-order valence-electron chi connectivity index (χ4n) is 2.96. The van der Waals surface area contributed by atoms with Gasteiger partial charge < -0.3 is 10.5 Å². The largest absolute Gasteiger partial charge is 0.474 e. The highest BCUT2D eigenvalue weighted by atomic mass is 32.2. The predicted molar refractivity (Wildman–Crippen MR) is 145 cm³/mol. The zero-order valence-corrected chi connectivity index (χ0v) is 25.1. The van der Waals surface area contributed by atoms with Crippen LogP contribution in [-0.4, -0.2) is 57.2 Å². The Bertz CT molecular complexity index is 1050. The Morgan fingerprint density at radius 3 is 2.11 bits per heavy atom. The van der Waals surface area contributed by atoms with Crippen molar-refractivity contribution in [3.63, 3.8) is 0 Å². The maximum absolute atomic E-state index is 13.8. The van der Waals surface area contributed by atoms with Crippen molar-refractivity contribution in [1.82, 2.24) is 9.55 Å². The summed E-state index contributed by atoms with van der Waals surface area (Å²) in [4.78, 5) is 39.7. The van der Waals surface area contributed by atoms with Crippen LogP contribution in [0.2, 0.25) is 0 Å². The maximum atomic E-state index is 13.8. The lowest BCUT2D eigenvalue weighted by Crippen LogP contribution is -2.29. The van der Waals surface area contributed by atoms with Gasteiger partial charge in [0.05, 0.1) is 32.1 Å². The van der Waals surface area contributed by atoms with Crippen LogP contribution < -0.4 is 11.4 Å². The van der Waals surface area contributed by atoms with Crippen LogP contribution in [0.25, 0.3) is 0 Å². The van der Waals surface area contributed by atoms with Gasteiger partial charge in [-0.1, -0.05) is 65.1 Å². The van der Waals surface area contributed by atoms with Crippen LogP contribution in [0.1, 0.15) is 60.6 Å². The fourth-order valence-corrected chi connectivity index (χ4v) is 5.98. The Morgan fingerprint density at radius 1 is 1.08 bits per heavy atom. The molecule has 2 N–H and O–H groups in total. The van der Waals surface area contributed by atoms with Gasteiger partial charge in [0.15, 0.2) is 21.9 Å². The Labute approximate surface area is 230 Å². The van der Waals surface area contributed by atoms with E-state index in [1.807, 2.05) is 0 Å². The Hall–Kier alpha value is -1.28. The van der Waals surface area contributed by atoms with Crippen molar-refractivity contribution in [2.24, 2.45) is 10.8 Å². The highest BCUT2D eigenvalue weighted by Gasteiger charge is 2.34. The molecule has 0 unspecified atom stereocenters. The van der Waals surface area contributed by atoms with Gasteiger partial charge in [-0.2, -0.15) is 4.98 Å². The van der Waals surface area contributed by atoms with Crippen LogP contribution in [0, 0.1) is 16.6 Å². The number of hydrogen-bond acceptors (Lipinski definition) is 12. The van der Waals surface area contributed by atoms with Crippen LogP contribution in [0.3, 0.4) is 0 Å². The molecule has 1 aromatic rings. The van der Waals surface area contributed by atoms with E-state index < -0.39 is 48.3 Å². The maximum Gasteiger partial charge on any atom is 0.474 e. The van der Waals surface area contributed by atoms with E-state index in [0.29, 0.717) is 12.8 Å². The molecule has 1 aliphatic rings. The molecule has 1 aromatic heterocycles. The summed E-state index contributed by atoms with van der Waals surface area (Å²) in [6, 6.07) is 0. The first-order chi connectivity index (χ1) is 17.5. The first kappa shape index (κ1) is 32.9. The normalized spacial score (nSPS) is 18.6. The molecule has 1 aliphatic heterocycles. The van der Waals surface area contributed by atoms with Crippen molar-refractivity contribution in [2.45, 2.75) is 66.7 Å². The van der Waals surface area contributed by atoms with Crippen molar-refractivity contribution in [2.75, 3.05) is 37.1 Å². The molecule has 0 radical (unpaired) electrons. The third-order valence-corrected chi connectivity index (χ3v) is 9.06. The monoisotopic (exact) mass is 597 g/mol. The molecule has 0 spiro atoms. The summed E-state index contributed by atoms with van der Waals surface area (Å²) in [5.41, 5.74) is 3.52. The number of carbonyl (C=O) groups is 2. The van der Waals surface area contributed by atoms with Gasteiger partial charge >= 0.3 is 13.5 Å². The van der Waals surface area contributed by atoms with Crippen molar-refractivity contribution in [3.05, 3.63) is 22.5 Å². The van der Waals surface area contributed by atoms with E-state index in [4.69, 9.17) is 24.0 Å². The molecule has 15 heteroatoms. The summed E-state index contributed by atoms with van der Waals surface area (Å²) in [5.74, 6) is -0.857. The lowest BCUT2D eigenvalue weighted by Gasteiger charge is -2.21. The predicted octanol–water partition coefficient (Wildman–Crippen LogP) is 4.41. The summed E-state index contributed by atoms with van der Waals surface area (Å²) in [5, 5.41) is -0.0757. The summed E-state index contributed by atoms with van der Waals surface area (Å²) in [6.07, 6.45) is 0.348. The molecular weight excluding hydrogens is 560 g/mol. The van der Waals surface area contributed by atoms with Gasteiger partial charge in [0.1, 0.15) is 6.23 Å². The number of hydrogen-bond donors (Lipinski definition) is 1. The minimum atomic E-state index is -4.08. The standard InChI is InChI=1S/C23H37FN3O8PS2/c1-22(2,3)19(28)37-11-9-32-36(31,33-10-12-38-20(29)23(4,5)6)34-14-15-7-8-17(35-15)27-13-16(24)18(25)26-21(27)30/h13,15,17H,7-12,14H2,1-6H3,(H2,25,26,30)/t15-,17+/m1/s1. The van der Waals surface area contributed by atoms with Gasteiger partial charge in [-0.05, 0) is 12.8 Å². The molecule has 2 rings (SSSR count). The Kier molecular flexibility index (Phi) is 12.0. The molecule has 0 aromatic carbocycles. The highest BCUT2D eigenvalue weighted by molar-refractivity contribution is 8.14. The van der Waals surface area contributed by atoms with E-state index in [-0.39, 0.29) is 41.6 Å². The van der Waals surface area contributed by atoms with Crippen LogP contribution >= 0.6 is 31.3 Å². The molecule has 0 bridgehead atoms. The summed E-state index contributed by atoms with van der Waals surface area (Å²) in [7, 11) is -4.08. The van der Waals surface area contributed by atoms with E-state index in [9.17, 15) is 23.3 Å². The van der Waals surface area contributed by atoms with E-state index in [1.54, 1.807) is 41.5 Å². The van der Waals surface area contributed by atoms with E-state index in [0.717, 1.165) is 34.3 Å². The molecule has 38 heavy (non-hydrogen) atoms. The molecular formula is C23H37FN3O8PS2. The number of anilines is 1. The number of nitrogens with zero attached hydrogens (tertiary/aromatic N) is 2. The van der Waals surface area contributed by atoms with Crippen molar-refractivity contribution >= 4 is 47.4 Å². The number of rotatable bonds is 12. The van der Waals surface area contributed by atoms with Crippen molar-refractivity contribution in [1.29, 1.82) is 0 Å². The van der Waals surface area contributed by atoms with Gasteiger partial charge in [-0.15, -0.1) is 0 Å². The minimum absolute atomic E-state index is 0.0379. The van der Waals surface area contributed by atoms with E-state index in [2.05, 4.69) is 4.98 Å². The van der Waals surface area contributed by atoms with Crippen LogP contribution in [0.15, 0.2) is 11.0 Å². The number of aromatic nitrogens is 2. The lowest BCUT2D eigenvalue weighted by molar-refractivity contribution is -0.118. The second-order valence-corrected chi connectivity index (χ2v) is 14.4. The van der Waals surface area contributed by atoms with Crippen LogP contribution in [0.4, 0.5) is 10.2 Å². The average Bonchev–Trinajstić information content (AvgIpc) is 3.28. The first-order valence-corrected chi connectivity index (χ1v) is 15.5. The van der Waals surface area contributed by atoms with Crippen molar-refractivity contribution < 1.29 is 36.9 Å². The van der Waals surface area contributed by atoms with Crippen LogP contribution in [-0.2, 0) is 32.5 Å². The Balaban J connectivity index is 1.95. The zero-order chi connectivity index (χ0) is 28.7. The van der Waals surface area contributed by atoms with Crippen molar-refractivity contribution in [3.8, 4) is 0 Å². The molecule has 0 saturated carbocycles. The number of nitrogens with two attached hydrogens (primary N) is 1. The second-order valence-electron chi connectivity index (χ2n) is 10.6. The highest BCUT2D eigenvalue weighted by Crippen LogP contribution is 2.50. The van der Waals surface area contributed by atoms with Gasteiger partial charge in [-0.25, -0.2) is 13.8 Å². The van der Waals surface area contributed by atoms with E-state index >= 15 is 0 Å². The number of nitrogen functional groups attached to an aromatic ring is 1. The molecule has 11 nitrogen and oxygen atoms in total. The number of halogens is 1. The van der Waals surface area contributed by atoms with E-state index in [1.165, 1.54) is 0 Å². The van der Waals surface area contributed by atoms with Gasteiger partial charge in [0, 0.05) is 22.3 Å². The van der Waals surface area contributed by atoms with Gasteiger partial charge in [0.25, 0.3) is 0 Å². The third kappa shape index (κ3) is 10.4. The quantitative estimate of drug-likeness (QED) is 0.269. The minimum Gasteiger partial charge on any atom is -0.381 e. The topological polar surface area (TPSA) is 149 Å². The molecule has 216 valence electrons. The molecule has 1 fully saturated rings.